The number of hydrazine groups is 1. The van der Waals surface area contributed by atoms with E-state index in [9.17, 15) is 19.8 Å². The van der Waals surface area contributed by atoms with E-state index in [4.69, 9.17) is 5.84 Å². The molecule has 2 rings (SSSR count). The van der Waals surface area contributed by atoms with Crippen LogP contribution in [-0.4, -0.2) is 27.0 Å². The molecule has 6 heteroatoms. The van der Waals surface area contributed by atoms with Crippen molar-refractivity contribution in [3.05, 3.63) is 57.6 Å². The summed E-state index contributed by atoms with van der Waals surface area (Å²) >= 11 is 0. The lowest BCUT2D eigenvalue weighted by atomic mass is 9.78. The molecule has 0 heterocycles. The van der Waals surface area contributed by atoms with Crippen molar-refractivity contribution in [3.63, 3.8) is 0 Å². The number of carbonyl (C=O) groups excluding carboxylic acids is 2. The quantitative estimate of drug-likeness (QED) is 0.202. The molecule has 0 aliphatic rings. The molecule has 0 fully saturated rings. The molecule has 0 atom stereocenters. The van der Waals surface area contributed by atoms with Gasteiger partial charge in [-0.25, -0.2) is 10.9 Å². The third-order valence-electron chi connectivity index (χ3n) is 7.43. The van der Waals surface area contributed by atoms with Crippen molar-refractivity contribution in [3.8, 4) is 11.5 Å². The molecule has 40 heavy (non-hydrogen) atoms. The van der Waals surface area contributed by atoms with Crippen LogP contribution in [0.3, 0.4) is 0 Å². The molecular formula is C34H52N2O4. The zero-order valence-corrected chi connectivity index (χ0v) is 26.9. The summed E-state index contributed by atoms with van der Waals surface area (Å²) in [5.74, 6) is 5.67. The van der Waals surface area contributed by atoms with Crippen LogP contribution in [0.5, 0.6) is 11.5 Å². The first-order valence-electron chi connectivity index (χ1n) is 14.3. The van der Waals surface area contributed by atoms with Gasteiger partial charge in [0.05, 0.1) is 0 Å². The van der Waals surface area contributed by atoms with Gasteiger partial charge >= 0.3 is 0 Å². The topological polar surface area (TPSA) is 104 Å². The highest BCUT2D eigenvalue weighted by molar-refractivity contribution is 5.94. The Kier molecular flexibility index (Phi) is 9.63. The maximum absolute atomic E-state index is 13.0. The van der Waals surface area contributed by atoms with Gasteiger partial charge in [-0.05, 0) is 80.0 Å². The van der Waals surface area contributed by atoms with Gasteiger partial charge in [-0.15, -0.1) is 0 Å². The predicted molar refractivity (Wildman–Crippen MR) is 164 cm³/mol. The molecule has 2 amide bonds. The second-order valence-electron chi connectivity index (χ2n) is 15.2. The van der Waals surface area contributed by atoms with E-state index in [1.807, 2.05) is 65.8 Å². The van der Waals surface area contributed by atoms with Crippen LogP contribution in [0.4, 0.5) is 0 Å². The minimum atomic E-state index is -0.438. The van der Waals surface area contributed by atoms with E-state index in [1.54, 1.807) is 0 Å². The summed E-state index contributed by atoms with van der Waals surface area (Å²) in [6.07, 6.45) is 0.994. The fraction of sp³-hybridized carbons (Fsp3) is 0.588. The monoisotopic (exact) mass is 552 g/mol. The van der Waals surface area contributed by atoms with Crippen molar-refractivity contribution in [1.29, 1.82) is 0 Å². The zero-order chi connectivity index (χ0) is 31.0. The van der Waals surface area contributed by atoms with Gasteiger partial charge in [0.25, 0.3) is 0 Å². The Morgan fingerprint density at radius 3 is 1.10 bits per heavy atom. The van der Waals surface area contributed by atoms with Gasteiger partial charge in [-0.3, -0.25) is 9.59 Å². The second kappa shape index (κ2) is 11.6. The van der Waals surface area contributed by atoms with E-state index in [1.165, 1.54) is 0 Å². The maximum Gasteiger partial charge on any atom is 0.243 e. The molecule has 0 aliphatic carbocycles. The van der Waals surface area contributed by atoms with Crippen LogP contribution in [0, 0.1) is 0 Å². The number of phenols is 2. The Labute approximate surface area is 241 Å². The van der Waals surface area contributed by atoms with E-state index in [-0.39, 0.29) is 46.0 Å². The number of rotatable bonds is 6. The van der Waals surface area contributed by atoms with E-state index < -0.39 is 11.8 Å². The number of phenolic OH excluding ortho intramolecular Hbond substituents is 2. The number of nitrogens with two attached hydrogens (primary N) is 1. The van der Waals surface area contributed by atoms with E-state index in [2.05, 4.69) is 41.5 Å². The number of imide groups is 1. The van der Waals surface area contributed by atoms with Crippen LogP contribution in [0.15, 0.2) is 24.3 Å². The Morgan fingerprint density at radius 2 is 0.850 bits per heavy atom. The molecule has 0 spiro atoms. The SMILES string of the molecule is CC(C)(C)c1cc(CCC(=O)N(N)C(=O)CCc2cc(C(C)(C)C)c(O)cc2C(C)(C)C)c(C(C)(C)C)cc1O. The van der Waals surface area contributed by atoms with Crippen LogP contribution in [-0.2, 0) is 44.1 Å². The van der Waals surface area contributed by atoms with Gasteiger partial charge in [0.15, 0.2) is 0 Å². The summed E-state index contributed by atoms with van der Waals surface area (Å²) in [5.41, 5.74) is 4.54. The minimum absolute atomic E-state index is 0.0836. The van der Waals surface area contributed by atoms with Gasteiger partial charge in [-0.2, -0.15) is 0 Å². The number of aromatic hydroxyl groups is 2. The molecule has 2 aromatic carbocycles. The Morgan fingerprint density at radius 1 is 0.575 bits per heavy atom. The number of benzene rings is 2. The summed E-state index contributed by atoms with van der Waals surface area (Å²) in [6, 6.07) is 7.58. The molecule has 0 saturated heterocycles. The van der Waals surface area contributed by atoms with Gasteiger partial charge < -0.3 is 10.2 Å². The van der Waals surface area contributed by atoms with Gasteiger partial charge in [-0.1, -0.05) is 95.2 Å². The molecule has 4 N–H and O–H groups in total. The van der Waals surface area contributed by atoms with Crippen molar-refractivity contribution in [2.75, 3.05) is 0 Å². The van der Waals surface area contributed by atoms with Gasteiger partial charge in [0.1, 0.15) is 11.5 Å². The van der Waals surface area contributed by atoms with Crippen molar-refractivity contribution in [2.24, 2.45) is 5.84 Å². The molecule has 0 saturated carbocycles. The predicted octanol–water partition coefficient (Wildman–Crippen LogP) is 7.08. The second-order valence-corrected chi connectivity index (χ2v) is 15.2. The summed E-state index contributed by atoms with van der Waals surface area (Å²) in [4.78, 5) is 26.1. The summed E-state index contributed by atoms with van der Waals surface area (Å²) < 4.78 is 0. The number of carbonyl (C=O) groups is 2. The Balaban J connectivity index is 2.24. The first-order chi connectivity index (χ1) is 17.9. The van der Waals surface area contributed by atoms with Crippen molar-refractivity contribution < 1.29 is 19.8 Å². The molecule has 0 bridgehead atoms. The lowest BCUT2D eigenvalue weighted by Gasteiger charge is -2.28. The lowest BCUT2D eigenvalue weighted by Crippen LogP contribution is -2.43. The minimum Gasteiger partial charge on any atom is -0.508 e. The Bertz CT molecular complexity index is 1150. The highest BCUT2D eigenvalue weighted by Gasteiger charge is 2.28. The molecule has 0 unspecified atom stereocenters. The molecule has 0 radical (unpaired) electrons. The van der Waals surface area contributed by atoms with Crippen LogP contribution in [0.25, 0.3) is 0 Å². The number of nitrogens with zero attached hydrogens (tertiary/aromatic N) is 1. The first kappa shape index (κ1) is 33.3. The normalized spacial score (nSPS) is 12.9. The fourth-order valence-corrected chi connectivity index (χ4v) is 5.14. The third kappa shape index (κ3) is 8.09. The molecule has 222 valence electrons. The number of hydrogen-bond donors (Lipinski definition) is 3. The van der Waals surface area contributed by atoms with Gasteiger partial charge in [0, 0.05) is 12.8 Å². The van der Waals surface area contributed by atoms with E-state index in [0.717, 1.165) is 38.4 Å². The molecule has 0 aromatic heterocycles. The van der Waals surface area contributed by atoms with Crippen molar-refractivity contribution >= 4 is 11.8 Å². The van der Waals surface area contributed by atoms with Crippen LogP contribution >= 0.6 is 0 Å². The summed E-state index contributed by atoms with van der Waals surface area (Å²) in [5, 5.41) is 22.2. The average Bonchev–Trinajstić information content (AvgIpc) is 2.78. The fourth-order valence-electron chi connectivity index (χ4n) is 5.14. The third-order valence-corrected chi connectivity index (χ3v) is 7.43. The Hall–Kier alpha value is -2.86. The maximum atomic E-state index is 13.0. The molecular weight excluding hydrogens is 500 g/mol. The van der Waals surface area contributed by atoms with Crippen LogP contribution < -0.4 is 5.84 Å². The van der Waals surface area contributed by atoms with Crippen molar-refractivity contribution in [1.82, 2.24) is 5.01 Å². The summed E-state index contributed by atoms with van der Waals surface area (Å²) in [7, 11) is 0. The standard InChI is InChI=1S/C34H52N2O4/c1-31(2,3)23-19-27(37)25(33(7,8)9)17-21(23)13-15-29(39)36(35)30(40)16-14-22-18-26(34(10,11)12)28(38)20-24(22)32(4,5)6/h17-20,37-38H,13-16,35H2,1-12H3. The number of amides is 2. The van der Waals surface area contributed by atoms with E-state index >= 15 is 0 Å². The largest absolute Gasteiger partial charge is 0.508 e. The highest BCUT2D eigenvalue weighted by Crippen LogP contribution is 2.39. The van der Waals surface area contributed by atoms with Crippen LogP contribution in [0.2, 0.25) is 0 Å². The number of hydrogen-bond acceptors (Lipinski definition) is 5. The number of aryl methyl sites for hydroxylation is 2. The molecule has 0 aliphatic heterocycles. The average molecular weight is 553 g/mol. The van der Waals surface area contributed by atoms with Gasteiger partial charge in [0.2, 0.25) is 11.8 Å². The molecule has 2 aromatic rings. The smallest absolute Gasteiger partial charge is 0.243 e. The van der Waals surface area contributed by atoms with E-state index in [0.29, 0.717) is 12.8 Å². The first-order valence-corrected chi connectivity index (χ1v) is 14.3. The lowest BCUT2D eigenvalue weighted by molar-refractivity contribution is -0.145. The summed E-state index contributed by atoms with van der Waals surface area (Å²) in [6.45, 7) is 24.7. The highest BCUT2D eigenvalue weighted by atomic mass is 16.3. The molecule has 6 nitrogen and oxygen atoms in total. The zero-order valence-electron chi connectivity index (χ0n) is 26.9. The van der Waals surface area contributed by atoms with Crippen LogP contribution in [0.1, 0.15) is 129 Å². The van der Waals surface area contributed by atoms with Crippen molar-refractivity contribution in [2.45, 2.75) is 130 Å².